The van der Waals surface area contributed by atoms with Crippen molar-refractivity contribution in [1.82, 2.24) is 0 Å². The van der Waals surface area contributed by atoms with Gasteiger partial charge in [-0.15, -0.1) is 5.73 Å². The number of fused-ring (bicyclic) bond motifs is 1. The first-order chi connectivity index (χ1) is 9.60. The van der Waals surface area contributed by atoms with Crippen LogP contribution in [0.4, 0.5) is 0 Å². The van der Waals surface area contributed by atoms with E-state index in [0.717, 1.165) is 25.7 Å². The number of carbonyl (C=O) groups excluding carboxylic acids is 1. The monoisotopic (exact) mass is 278 g/mol. The van der Waals surface area contributed by atoms with Gasteiger partial charge in [-0.1, -0.05) is 6.92 Å². The Hall–Kier alpha value is -1.35. The maximum Gasteiger partial charge on any atom is 0.330 e. The fourth-order valence-corrected chi connectivity index (χ4v) is 3.05. The standard InChI is InChI=1S/C16H22O4/c1-11-9-13(10-12-5-3-4-6-14(11)12)20-16(18)8-7-15(17)19-2/h4,7-8,11-13,16,18H,3,5,9-10H2,1-2H3/b8-7-. The summed E-state index contributed by atoms with van der Waals surface area (Å²) >= 11 is 0. The zero-order chi connectivity index (χ0) is 14.5. The second-order valence-corrected chi connectivity index (χ2v) is 5.48. The molecule has 0 saturated heterocycles. The Morgan fingerprint density at radius 3 is 3.10 bits per heavy atom. The quantitative estimate of drug-likeness (QED) is 0.371. The molecule has 0 aromatic heterocycles. The largest absolute Gasteiger partial charge is 0.466 e. The van der Waals surface area contributed by atoms with Gasteiger partial charge in [-0.3, -0.25) is 0 Å². The SMILES string of the molecule is COC(=O)/C=C\C(O)OC1CC(C)C2=C=CCCC2C1. The number of rotatable bonds is 4. The third-order valence-corrected chi connectivity index (χ3v) is 3.99. The molecule has 4 nitrogen and oxygen atoms in total. The van der Waals surface area contributed by atoms with E-state index in [0.29, 0.717) is 11.8 Å². The van der Waals surface area contributed by atoms with Gasteiger partial charge in [0.2, 0.25) is 0 Å². The van der Waals surface area contributed by atoms with Crippen molar-refractivity contribution >= 4 is 5.97 Å². The number of hydrogen-bond acceptors (Lipinski definition) is 4. The van der Waals surface area contributed by atoms with Gasteiger partial charge in [-0.05, 0) is 55.2 Å². The summed E-state index contributed by atoms with van der Waals surface area (Å²) in [6.45, 7) is 2.18. The second-order valence-electron chi connectivity index (χ2n) is 5.48. The highest BCUT2D eigenvalue weighted by molar-refractivity contribution is 5.81. The van der Waals surface area contributed by atoms with Gasteiger partial charge in [0.05, 0.1) is 13.2 Å². The molecule has 0 radical (unpaired) electrons. The molecule has 4 unspecified atom stereocenters. The van der Waals surface area contributed by atoms with E-state index in [4.69, 9.17) is 4.74 Å². The number of allylic oxidation sites excluding steroid dienone is 1. The summed E-state index contributed by atoms with van der Waals surface area (Å²) in [6, 6.07) is 0. The van der Waals surface area contributed by atoms with E-state index in [1.807, 2.05) is 0 Å². The molecule has 1 saturated carbocycles. The Labute approximate surface area is 119 Å². The average Bonchev–Trinajstić information content (AvgIpc) is 2.44. The van der Waals surface area contributed by atoms with Gasteiger partial charge in [0.15, 0.2) is 6.29 Å². The predicted octanol–water partition coefficient (Wildman–Crippen LogP) is 2.34. The number of methoxy groups -OCH3 is 1. The van der Waals surface area contributed by atoms with E-state index in [1.54, 1.807) is 0 Å². The Morgan fingerprint density at radius 1 is 1.55 bits per heavy atom. The van der Waals surface area contributed by atoms with Crippen molar-refractivity contribution in [3.05, 3.63) is 29.5 Å². The molecule has 0 aliphatic heterocycles. The number of carbonyl (C=O) groups is 1. The van der Waals surface area contributed by atoms with Gasteiger partial charge >= 0.3 is 5.97 Å². The van der Waals surface area contributed by atoms with Crippen LogP contribution in [0.1, 0.15) is 32.6 Å². The van der Waals surface area contributed by atoms with Gasteiger partial charge in [-0.25, -0.2) is 4.79 Å². The van der Waals surface area contributed by atoms with Crippen LogP contribution in [-0.2, 0) is 14.3 Å². The van der Waals surface area contributed by atoms with E-state index < -0.39 is 12.3 Å². The normalized spacial score (nSPS) is 30.8. The summed E-state index contributed by atoms with van der Waals surface area (Å²) in [6.07, 6.45) is 7.61. The molecule has 2 aliphatic rings. The summed E-state index contributed by atoms with van der Waals surface area (Å²) in [4.78, 5) is 11.0. The van der Waals surface area contributed by atoms with Crippen LogP contribution in [0.3, 0.4) is 0 Å². The van der Waals surface area contributed by atoms with Gasteiger partial charge in [0.1, 0.15) is 0 Å². The molecule has 110 valence electrons. The molecule has 0 amide bonds. The average molecular weight is 278 g/mol. The maximum atomic E-state index is 11.0. The Morgan fingerprint density at radius 2 is 2.35 bits per heavy atom. The highest BCUT2D eigenvalue weighted by Crippen LogP contribution is 2.39. The number of esters is 1. The molecule has 0 aromatic rings. The highest BCUT2D eigenvalue weighted by Gasteiger charge is 2.32. The molecule has 2 aliphatic carbocycles. The lowest BCUT2D eigenvalue weighted by molar-refractivity contribution is -0.136. The third-order valence-electron chi connectivity index (χ3n) is 3.99. The van der Waals surface area contributed by atoms with Gasteiger partial charge in [0.25, 0.3) is 0 Å². The third kappa shape index (κ3) is 3.83. The molecule has 4 heteroatoms. The van der Waals surface area contributed by atoms with Crippen molar-refractivity contribution in [2.24, 2.45) is 11.8 Å². The lowest BCUT2D eigenvalue weighted by Gasteiger charge is -2.36. The second kappa shape index (κ2) is 6.89. The first kappa shape index (κ1) is 15.0. The van der Waals surface area contributed by atoms with E-state index in [9.17, 15) is 9.90 Å². The Kier molecular flexibility index (Phi) is 5.18. The Bertz CT molecular complexity index is 445. The first-order valence-corrected chi connectivity index (χ1v) is 7.14. The maximum absolute atomic E-state index is 11.0. The molecule has 2 rings (SSSR count). The minimum atomic E-state index is -1.06. The van der Waals surface area contributed by atoms with Crippen LogP contribution < -0.4 is 0 Å². The lowest BCUT2D eigenvalue weighted by Crippen LogP contribution is -2.32. The molecule has 0 heterocycles. The van der Waals surface area contributed by atoms with E-state index in [2.05, 4.69) is 23.5 Å². The lowest BCUT2D eigenvalue weighted by atomic mass is 9.73. The highest BCUT2D eigenvalue weighted by atomic mass is 16.6. The number of aliphatic hydroxyl groups is 1. The van der Waals surface area contributed by atoms with Crippen LogP contribution in [0.5, 0.6) is 0 Å². The van der Waals surface area contributed by atoms with Crippen molar-refractivity contribution in [3.63, 3.8) is 0 Å². The molecule has 0 bridgehead atoms. The summed E-state index contributed by atoms with van der Waals surface area (Å²) < 4.78 is 10.1. The fourth-order valence-electron chi connectivity index (χ4n) is 3.05. The fraction of sp³-hybridized carbons (Fsp3) is 0.625. The van der Waals surface area contributed by atoms with Crippen LogP contribution in [0.25, 0.3) is 0 Å². The van der Waals surface area contributed by atoms with Crippen LogP contribution in [0.15, 0.2) is 29.5 Å². The molecule has 20 heavy (non-hydrogen) atoms. The topological polar surface area (TPSA) is 55.8 Å². The summed E-state index contributed by atoms with van der Waals surface area (Å²) in [5.41, 5.74) is 4.79. The van der Waals surface area contributed by atoms with Gasteiger partial charge in [0, 0.05) is 6.08 Å². The minimum absolute atomic E-state index is 0.0240. The van der Waals surface area contributed by atoms with Gasteiger partial charge < -0.3 is 14.6 Å². The van der Waals surface area contributed by atoms with Crippen LogP contribution in [0, 0.1) is 11.8 Å². The van der Waals surface area contributed by atoms with Crippen molar-refractivity contribution in [3.8, 4) is 0 Å². The molecular formula is C16H22O4. The number of ether oxygens (including phenoxy) is 2. The smallest absolute Gasteiger partial charge is 0.330 e. The van der Waals surface area contributed by atoms with E-state index in [-0.39, 0.29) is 6.10 Å². The van der Waals surface area contributed by atoms with Crippen molar-refractivity contribution in [1.29, 1.82) is 0 Å². The Balaban J connectivity index is 1.90. The van der Waals surface area contributed by atoms with Crippen molar-refractivity contribution in [2.75, 3.05) is 7.11 Å². The predicted molar refractivity (Wildman–Crippen MR) is 74.8 cm³/mol. The number of hydrogen-bond donors (Lipinski definition) is 1. The molecule has 0 spiro atoms. The van der Waals surface area contributed by atoms with Crippen molar-refractivity contribution in [2.45, 2.75) is 45.0 Å². The molecule has 1 N–H and O–H groups in total. The molecule has 0 aromatic carbocycles. The summed E-state index contributed by atoms with van der Waals surface area (Å²) in [5.74, 6) is 0.463. The molecular weight excluding hydrogens is 256 g/mol. The number of aliphatic hydroxyl groups excluding tert-OH is 1. The molecule has 4 atom stereocenters. The zero-order valence-electron chi connectivity index (χ0n) is 12.0. The minimum Gasteiger partial charge on any atom is -0.466 e. The first-order valence-electron chi connectivity index (χ1n) is 7.14. The van der Waals surface area contributed by atoms with Crippen molar-refractivity contribution < 1.29 is 19.4 Å². The van der Waals surface area contributed by atoms with Crippen LogP contribution in [-0.4, -0.2) is 30.6 Å². The molecule has 1 fully saturated rings. The summed E-state index contributed by atoms with van der Waals surface area (Å²) in [7, 11) is 1.30. The van der Waals surface area contributed by atoms with E-state index in [1.165, 1.54) is 24.8 Å². The summed E-state index contributed by atoms with van der Waals surface area (Å²) in [5, 5.41) is 9.78. The van der Waals surface area contributed by atoms with Crippen LogP contribution in [0.2, 0.25) is 0 Å². The van der Waals surface area contributed by atoms with E-state index >= 15 is 0 Å². The van der Waals surface area contributed by atoms with Gasteiger partial charge in [-0.2, -0.15) is 0 Å². The zero-order valence-corrected chi connectivity index (χ0v) is 12.0. The van der Waals surface area contributed by atoms with Crippen LogP contribution >= 0.6 is 0 Å².